The molecule has 0 saturated carbocycles. The van der Waals surface area contributed by atoms with Crippen LogP contribution < -0.4 is 0 Å². The monoisotopic (exact) mass is 294 g/mol. The number of furan rings is 1. The van der Waals surface area contributed by atoms with Gasteiger partial charge in [0.2, 0.25) is 0 Å². The number of amides is 1. The average Bonchev–Trinajstić information content (AvgIpc) is 3.13. The molecule has 1 amide bonds. The number of nitro groups is 1. The Balaban J connectivity index is 1.79. The molecule has 1 aromatic rings. The second-order valence-electron chi connectivity index (χ2n) is 4.46. The lowest BCUT2D eigenvalue weighted by Gasteiger charge is -2.14. The van der Waals surface area contributed by atoms with Crippen LogP contribution in [0.1, 0.15) is 18.6 Å². The molecule has 0 N–H and O–H groups in total. The first-order valence-corrected chi connectivity index (χ1v) is 6.43. The maximum Gasteiger partial charge on any atom is 0.433 e. The van der Waals surface area contributed by atoms with Crippen LogP contribution in [0.5, 0.6) is 0 Å². The van der Waals surface area contributed by atoms with E-state index in [4.69, 9.17) is 9.15 Å². The van der Waals surface area contributed by atoms with E-state index in [0.717, 1.165) is 18.9 Å². The third-order valence-electron chi connectivity index (χ3n) is 2.97. The minimum absolute atomic E-state index is 0.157. The van der Waals surface area contributed by atoms with Crippen LogP contribution in [0, 0.1) is 10.1 Å². The van der Waals surface area contributed by atoms with Crippen molar-refractivity contribution in [2.75, 3.05) is 19.7 Å². The van der Waals surface area contributed by atoms with Crippen LogP contribution >= 0.6 is 0 Å². The maximum atomic E-state index is 11.6. The van der Waals surface area contributed by atoms with Gasteiger partial charge in [0.25, 0.3) is 5.91 Å². The standard InChI is InChI=1S/C13H14N2O6/c16-11(14-7-1-2-8-14)9-20-13(17)6-4-10-3-5-12(21-10)15(18)19/h3-6H,1-2,7-9H2/b6-4+. The van der Waals surface area contributed by atoms with Crippen LogP contribution in [0.3, 0.4) is 0 Å². The Labute approximate surface area is 120 Å². The van der Waals surface area contributed by atoms with Gasteiger partial charge in [0.05, 0.1) is 6.07 Å². The SMILES string of the molecule is O=C(/C=C/c1ccc([N+](=O)[O-])o1)OCC(=O)N1CCCC1. The molecule has 0 aromatic carbocycles. The number of nitrogens with zero attached hydrogens (tertiary/aromatic N) is 2. The van der Waals surface area contributed by atoms with Crippen LogP contribution in [-0.4, -0.2) is 41.4 Å². The Morgan fingerprint density at radius 2 is 2.10 bits per heavy atom. The number of hydrogen-bond donors (Lipinski definition) is 0. The van der Waals surface area contributed by atoms with Crippen molar-refractivity contribution in [3.05, 3.63) is 34.1 Å². The van der Waals surface area contributed by atoms with E-state index in [2.05, 4.69) is 0 Å². The maximum absolute atomic E-state index is 11.6. The van der Waals surface area contributed by atoms with E-state index < -0.39 is 16.8 Å². The summed E-state index contributed by atoms with van der Waals surface area (Å²) >= 11 is 0. The van der Waals surface area contributed by atoms with E-state index in [0.29, 0.717) is 13.1 Å². The number of rotatable bonds is 5. The summed E-state index contributed by atoms with van der Waals surface area (Å²) in [6.07, 6.45) is 4.24. The van der Waals surface area contributed by atoms with Gasteiger partial charge >= 0.3 is 11.9 Å². The zero-order valence-corrected chi connectivity index (χ0v) is 11.2. The second-order valence-corrected chi connectivity index (χ2v) is 4.46. The summed E-state index contributed by atoms with van der Waals surface area (Å²) in [5.74, 6) is -1.18. The predicted molar refractivity (Wildman–Crippen MR) is 71.2 cm³/mol. The molecule has 2 rings (SSSR count). The Kier molecular flexibility index (Phi) is 4.70. The van der Waals surface area contributed by atoms with E-state index in [9.17, 15) is 19.7 Å². The number of hydrogen-bond acceptors (Lipinski definition) is 6. The lowest BCUT2D eigenvalue weighted by molar-refractivity contribution is -0.402. The Morgan fingerprint density at radius 1 is 1.38 bits per heavy atom. The van der Waals surface area contributed by atoms with Gasteiger partial charge in [0.15, 0.2) is 6.61 Å². The molecule has 2 heterocycles. The average molecular weight is 294 g/mol. The highest BCUT2D eigenvalue weighted by Gasteiger charge is 2.18. The van der Waals surface area contributed by atoms with E-state index >= 15 is 0 Å². The number of likely N-dealkylation sites (tertiary alicyclic amines) is 1. The molecule has 0 unspecified atom stereocenters. The Bertz CT molecular complexity index is 571. The molecule has 1 aliphatic rings. The van der Waals surface area contributed by atoms with Crippen molar-refractivity contribution < 1.29 is 23.7 Å². The van der Waals surface area contributed by atoms with E-state index in [1.807, 2.05) is 0 Å². The van der Waals surface area contributed by atoms with Crippen molar-refractivity contribution in [2.45, 2.75) is 12.8 Å². The molecule has 8 heteroatoms. The highest BCUT2D eigenvalue weighted by Crippen LogP contribution is 2.16. The minimum Gasteiger partial charge on any atom is -0.452 e. The molecule has 8 nitrogen and oxygen atoms in total. The molecular formula is C13H14N2O6. The molecule has 0 atom stereocenters. The molecular weight excluding hydrogens is 280 g/mol. The predicted octanol–water partition coefficient (Wildman–Crippen LogP) is 1.37. The Hall–Kier alpha value is -2.64. The van der Waals surface area contributed by atoms with Crippen molar-refractivity contribution in [3.8, 4) is 0 Å². The zero-order chi connectivity index (χ0) is 15.2. The molecule has 0 aliphatic carbocycles. The number of carbonyl (C=O) groups excluding carboxylic acids is 2. The molecule has 0 radical (unpaired) electrons. The fourth-order valence-electron chi connectivity index (χ4n) is 1.92. The molecule has 1 aromatic heterocycles. The third kappa shape index (κ3) is 4.16. The number of carbonyl (C=O) groups is 2. The van der Waals surface area contributed by atoms with Gasteiger partial charge in [-0.1, -0.05) is 0 Å². The van der Waals surface area contributed by atoms with E-state index in [-0.39, 0.29) is 18.3 Å². The van der Waals surface area contributed by atoms with Crippen molar-refractivity contribution >= 4 is 23.8 Å². The normalized spacial score (nSPS) is 14.6. The van der Waals surface area contributed by atoms with Gasteiger partial charge in [-0.05, 0) is 25.0 Å². The van der Waals surface area contributed by atoms with E-state index in [1.54, 1.807) is 4.90 Å². The van der Waals surface area contributed by atoms with Gasteiger partial charge in [-0.25, -0.2) is 4.79 Å². The lowest BCUT2D eigenvalue weighted by atomic mass is 10.4. The smallest absolute Gasteiger partial charge is 0.433 e. The first-order chi connectivity index (χ1) is 10.1. The number of ether oxygens (including phenoxy) is 1. The largest absolute Gasteiger partial charge is 0.452 e. The van der Waals surface area contributed by atoms with E-state index in [1.165, 1.54) is 18.2 Å². The fraction of sp³-hybridized carbons (Fsp3) is 0.385. The summed E-state index contributed by atoms with van der Waals surface area (Å²) in [5, 5.41) is 10.4. The topological polar surface area (TPSA) is 103 Å². The molecule has 0 spiro atoms. The van der Waals surface area contributed by atoms with Crippen LogP contribution in [-0.2, 0) is 14.3 Å². The summed E-state index contributed by atoms with van der Waals surface area (Å²) in [6, 6.07) is 2.54. The summed E-state index contributed by atoms with van der Waals surface area (Å²) in [6.45, 7) is 1.09. The zero-order valence-electron chi connectivity index (χ0n) is 11.2. The minimum atomic E-state index is -0.707. The summed E-state index contributed by atoms with van der Waals surface area (Å²) in [7, 11) is 0. The fourth-order valence-corrected chi connectivity index (χ4v) is 1.92. The summed E-state index contributed by atoms with van der Waals surface area (Å²) in [5.41, 5.74) is 0. The first-order valence-electron chi connectivity index (χ1n) is 6.43. The highest BCUT2D eigenvalue weighted by atomic mass is 16.6. The molecule has 21 heavy (non-hydrogen) atoms. The third-order valence-corrected chi connectivity index (χ3v) is 2.97. The van der Waals surface area contributed by atoms with Gasteiger partial charge in [0.1, 0.15) is 10.7 Å². The molecule has 1 aliphatic heterocycles. The van der Waals surface area contributed by atoms with Crippen molar-refractivity contribution in [1.82, 2.24) is 4.90 Å². The van der Waals surface area contributed by atoms with Gasteiger partial charge < -0.3 is 14.1 Å². The van der Waals surface area contributed by atoms with Gasteiger partial charge in [-0.2, -0.15) is 0 Å². The summed E-state index contributed by atoms with van der Waals surface area (Å²) < 4.78 is 9.63. The van der Waals surface area contributed by atoms with Crippen molar-refractivity contribution in [1.29, 1.82) is 0 Å². The second kappa shape index (κ2) is 6.69. The summed E-state index contributed by atoms with van der Waals surface area (Å²) in [4.78, 5) is 34.4. The Morgan fingerprint density at radius 3 is 2.71 bits per heavy atom. The quantitative estimate of drug-likeness (QED) is 0.351. The molecule has 112 valence electrons. The van der Waals surface area contributed by atoms with Crippen LogP contribution in [0.15, 0.2) is 22.6 Å². The lowest BCUT2D eigenvalue weighted by Crippen LogP contribution is -2.31. The van der Waals surface area contributed by atoms with Gasteiger partial charge in [0, 0.05) is 19.2 Å². The van der Waals surface area contributed by atoms with Crippen molar-refractivity contribution in [2.24, 2.45) is 0 Å². The van der Waals surface area contributed by atoms with Gasteiger partial charge in [-0.15, -0.1) is 0 Å². The van der Waals surface area contributed by atoms with Crippen LogP contribution in [0.25, 0.3) is 6.08 Å². The molecule has 0 bridgehead atoms. The molecule has 1 saturated heterocycles. The molecule has 1 fully saturated rings. The van der Waals surface area contributed by atoms with Gasteiger partial charge in [-0.3, -0.25) is 14.9 Å². The highest BCUT2D eigenvalue weighted by molar-refractivity contribution is 5.89. The van der Waals surface area contributed by atoms with Crippen LogP contribution in [0.4, 0.5) is 5.88 Å². The number of esters is 1. The van der Waals surface area contributed by atoms with Crippen LogP contribution in [0.2, 0.25) is 0 Å². The van der Waals surface area contributed by atoms with Crippen molar-refractivity contribution in [3.63, 3.8) is 0 Å². The first kappa shape index (κ1) is 14.8.